The molecule has 1 N–H and O–H groups in total. The highest BCUT2D eigenvalue weighted by molar-refractivity contribution is 7.92. The van der Waals surface area contributed by atoms with E-state index in [1.165, 1.54) is 0 Å². The number of rotatable bonds is 6. The highest BCUT2D eigenvalue weighted by Gasteiger charge is 2.17. The first kappa shape index (κ1) is 19.9. The first-order chi connectivity index (χ1) is 14.0. The summed E-state index contributed by atoms with van der Waals surface area (Å²) in [5.74, 6) is 0. The molecule has 154 valence electrons. The van der Waals surface area contributed by atoms with Crippen molar-refractivity contribution in [3.63, 3.8) is 0 Å². The Kier molecular flexibility index (Phi) is 5.62. The Morgan fingerprint density at radius 3 is 2.52 bits per heavy atom. The normalized spacial score (nSPS) is 15.0. The van der Waals surface area contributed by atoms with Gasteiger partial charge >= 0.3 is 4.87 Å². The predicted octanol–water partition coefficient (Wildman–Crippen LogP) is 3.11. The number of anilines is 2. The molecule has 9 heteroatoms. The first-order valence-electron chi connectivity index (χ1n) is 9.57. The van der Waals surface area contributed by atoms with E-state index in [1.54, 1.807) is 34.9 Å². The molecule has 0 aliphatic carbocycles. The molecule has 3 aromatic rings. The summed E-state index contributed by atoms with van der Waals surface area (Å²) in [4.78, 5) is 14.4. The molecule has 0 spiro atoms. The minimum atomic E-state index is -3.75. The largest absolute Gasteiger partial charge is 0.378 e. The van der Waals surface area contributed by atoms with Crippen molar-refractivity contribution in [2.75, 3.05) is 35.9 Å². The topological polar surface area (TPSA) is 80.6 Å². The second-order valence-corrected chi connectivity index (χ2v) is 9.58. The highest BCUT2D eigenvalue weighted by Crippen LogP contribution is 2.25. The number of benzene rings is 2. The van der Waals surface area contributed by atoms with Crippen LogP contribution >= 0.6 is 11.3 Å². The van der Waals surface area contributed by atoms with Crippen LogP contribution in [-0.4, -0.2) is 39.3 Å². The summed E-state index contributed by atoms with van der Waals surface area (Å²) in [6, 6.07) is 12.2. The molecule has 1 aliphatic heterocycles. The molecule has 0 amide bonds. The van der Waals surface area contributed by atoms with Crippen LogP contribution in [0.2, 0.25) is 0 Å². The van der Waals surface area contributed by atoms with Gasteiger partial charge in [0.25, 0.3) is 10.0 Å². The molecule has 0 atom stereocenters. The molecule has 2 heterocycles. The Hall–Kier alpha value is -2.36. The van der Waals surface area contributed by atoms with E-state index in [1.807, 2.05) is 19.1 Å². The quantitative estimate of drug-likeness (QED) is 0.646. The minimum Gasteiger partial charge on any atom is -0.378 e. The van der Waals surface area contributed by atoms with Gasteiger partial charge in [-0.25, -0.2) is 8.42 Å². The van der Waals surface area contributed by atoms with E-state index < -0.39 is 10.0 Å². The Balaban J connectivity index is 1.56. The monoisotopic (exact) mass is 433 g/mol. The Bertz CT molecular complexity index is 1160. The van der Waals surface area contributed by atoms with E-state index in [0.29, 0.717) is 30.1 Å². The molecule has 29 heavy (non-hydrogen) atoms. The van der Waals surface area contributed by atoms with Crippen molar-refractivity contribution >= 4 is 43.0 Å². The van der Waals surface area contributed by atoms with Gasteiger partial charge in [0.05, 0.1) is 28.3 Å². The summed E-state index contributed by atoms with van der Waals surface area (Å²) in [6.45, 7) is 5.67. The average molecular weight is 434 g/mol. The third-order valence-corrected chi connectivity index (χ3v) is 7.21. The van der Waals surface area contributed by atoms with Crippen molar-refractivity contribution in [2.24, 2.45) is 0 Å². The van der Waals surface area contributed by atoms with Crippen molar-refractivity contribution < 1.29 is 13.2 Å². The van der Waals surface area contributed by atoms with Crippen LogP contribution in [-0.2, 0) is 21.3 Å². The zero-order valence-corrected chi connectivity index (χ0v) is 17.8. The Morgan fingerprint density at radius 1 is 1.10 bits per heavy atom. The summed E-state index contributed by atoms with van der Waals surface area (Å²) in [7, 11) is -3.75. The highest BCUT2D eigenvalue weighted by atomic mass is 32.2. The SMILES string of the molecule is CCCn1c(=O)sc2cc(S(=O)(=O)Nc3ccc(N4CCOCC4)cc3)ccc21. The number of aromatic nitrogens is 1. The fourth-order valence-electron chi connectivity index (χ4n) is 3.43. The zero-order valence-electron chi connectivity index (χ0n) is 16.1. The lowest BCUT2D eigenvalue weighted by Crippen LogP contribution is -2.36. The number of nitrogens with zero attached hydrogens (tertiary/aromatic N) is 2. The summed E-state index contributed by atoms with van der Waals surface area (Å²) in [5, 5.41) is 0. The van der Waals surface area contributed by atoms with Crippen LogP contribution < -0.4 is 14.5 Å². The standard InChI is InChI=1S/C20H23N3O4S2/c1-2-9-23-18-8-7-17(14-19(18)28-20(23)24)29(25,26)21-15-3-5-16(6-4-15)22-10-12-27-13-11-22/h3-8,14,21H,2,9-13H2,1H3. The molecule has 0 radical (unpaired) electrons. The molecule has 0 saturated carbocycles. The van der Waals surface area contributed by atoms with Crippen molar-refractivity contribution in [2.45, 2.75) is 24.8 Å². The minimum absolute atomic E-state index is 0.0666. The van der Waals surface area contributed by atoms with Crippen LogP contribution in [0.4, 0.5) is 11.4 Å². The van der Waals surface area contributed by atoms with E-state index in [0.717, 1.165) is 42.1 Å². The van der Waals surface area contributed by atoms with Gasteiger partial charge in [0.1, 0.15) is 0 Å². The van der Waals surface area contributed by atoms with E-state index >= 15 is 0 Å². The lowest BCUT2D eigenvalue weighted by molar-refractivity contribution is 0.122. The third-order valence-electron chi connectivity index (χ3n) is 4.89. The van der Waals surface area contributed by atoms with Gasteiger partial charge in [0.2, 0.25) is 0 Å². The van der Waals surface area contributed by atoms with Gasteiger partial charge in [-0.3, -0.25) is 14.1 Å². The molecule has 1 saturated heterocycles. The summed E-state index contributed by atoms with van der Waals surface area (Å²) < 4.78 is 36.0. The summed E-state index contributed by atoms with van der Waals surface area (Å²) in [6.07, 6.45) is 0.841. The molecular formula is C20H23N3O4S2. The van der Waals surface area contributed by atoms with E-state index in [-0.39, 0.29) is 9.77 Å². The van der Waals surface area contributed by atoms with Crippen LogP contribution in [0.25, 0.3) is 10.2 Å². The molecule has 1 aliphatic rings. The number of morpholine rings is 1. The van der Waals surface area contributed by atoms with Crippen molar-refractivity contribution in [3.8, 4) is 0 Å². The number of sulfonamides is 1. The number of ether oxygens (including phenoxy) is 1. The second kappa shape index (κ2) is 8.17. The van der Waals surface area contributed by atoms with Crippen LogP contribution in [0.15, 0.2) is 52.2 Å². The van der Waals surface area contributed by atoms with Crippen LogP contribution in [0.1, 0.15) is 13.3 Å². The summed E-state index contributed by atoms with van der Waals surface area (Å²) >= 11 is 1.07. The molecule has 7 nitrogen and oxygen atoms in total. The Morgan fingerprint density at radius 2 is 1.83 bits per heavy atom. The molecular weight excluding hydrogens is 410 g/mol. The van der Waals surface area contributed by atoms with Crippen LogP contribution in [0.3, 0.4) is 0 Å². The summed E-state index contributed by atoms with van der Waals surface area (Å²) in [5.41, 5.74) is 2.31. The maximum Gasteiger partial charge on any atom is 0.308 e. The lowest BCUT2D eigenvalue weighted by atomic mass is 10.2. The van der Waals surface area contributed by atoms with E-state index in [2.05, 4.69) is 9.62 Å². The average Bonchev–Trinajstić information content (AvgIpc) is 3.04. The molecule has 0 unspecified atom stereocenters. The van der Waals surface area contributed by atoms with Gasteiger partial charge in [-0.05, 0) is 48.9 Å². The van der Waals surface area contributed by atoms with Gasteiger partial charge in [-0.15, -0.1) is 0 Å². The maximum atomic E-state index is 12.8. The number of nitrogens with one attached hydrogen (secondary N) is 1. The number of fused-ring (bicyclic) bond motifs is 1. The van der Waals surface area contributed by atoms with Gasteiger partial charge in [0.15, 0.2) is 0 Å². The maximum absolute atomic E-state index is 12.8. The van der Waals surface area contributed by atoms with Gasteiger partial charge in [0, 0.05) is 31.0 Å². The first-order valence-corrected chi connectivity index (χ1v) is 11.9. The van der Waals surface area contributed by atoms with E-state index in [4.69, 9.17) is 4.74 Å². The van der Waals surface area contributed by atoms with E-state index in [9.17, 15) is 13.2 Å². The Labute approximate surface area is 173 Å². The smallest absolute Gasteiger partial charge is 0.308 e. The van der Waals surface area contributed by atoms with Gasteiger partial charge < -0.3 is 9.64 Å². The third kappa shape index (κ3) is 4.17. The second-order valence-electron chi connectivity index (χ2n) is 6.90. The number of hydrogen-bond donors (Lipinski definition) is 1. The zero-order chi connectivity index (χ0) is 20.4. The van der Waals surface area contributed by atoms with Crippen LogP contribution in [0, 0.1) is 0 Å². The fourth-order valence-corrected chi connectivity index (χ4v) is 5.54. The molecule has 1 fully saturated rings. The number of hydrogen-bond acceptors (Lipinski definition) is 6. The fraction of sp³-hybridized carbons (Fsp3) is 0.350. The van der Waals surface area contributed by atoms with Crippen LogP contribution in [0.5, 0.6) is 0 Å². The molecule has 2 aromatic carbocycles. The molecule has 4 rings (SSSR count). The molecule has 1 aromatic heterocycles. The van der Waals surface area contributed by atoms with Gasteiger partial charge in [-0.1, -0.05) is 18.3 Å². The number of thiazole rings is 1. The van der Waals surface area contributed by atoms with Crippen molar-refractivity contribution in [1.29, 1.82) is 0 Å². The van der Waals surface area contributed by atoms with Crippen molar-refractivity contribution in [1.82, 2.24) is 4.57 Å². The molecule has 0 bridgehead atoms. The predicted molar refractivity (Wildman–Crippen MR) is 117 cm³/mol. The number of aryl methyl sites for hydroxylation is 1. The lowest BCUT2D eigenvalue weighted by Gasteiger charge is -2.28. The van der Waals surface area contributed by atoms with Gasteiger partial charge in [-0.2, -0.15) is 0 Å². The van der Waals surface area contributed by atoms with Crippen molar-refractivity contribution in [3.05, 3.63) is 52.1 Å².